The van der Waals surface area contributed by atoms with E-state index in [0.29, 0.717) is 6.42 Å². The summed E-state index contributed by atoms with van der Waals surface area (Å²) >= 11 is 2.91. The second kappa shape index (κ2) is 9.01. The van der Waals surface area contributed by atoms with E-state index in [2.05, 4.69) is 11.9 Å². The van der Waals surface area contributed by atoms with Crippen LogP contribution in [0.5, 0.6) is 5.75 Å². The molecule has 6 nitrogen and oxygen atoms in total. The summed E-state index contributed by atoms with van der Waals surface area (Å²) in [5.74, 6) is 0.808. The quantitative estimate of drug-likeness (QED) is 0.490. The summed E-state index contributed by atoms with van der Waals surface area (Å²) in [4.78, 5) is 30.6. The number of hydrogen-bond acceptors (Lipinski definition) is 8. The number of benzene rings is 1. The number of fused-ring (bicyclic) bond motifs is 6. The summed E-state index contributed by atoms with van der Waals surface area (Å²) in [6.07, 6.45) is 7.54. The van der Waals surface area contributed by atoms with Crippen LogP contribution in [0.3, 0.4) is 0 Å². The number of aliphatic hydroxyl groups excluding tert-OH is 1. The molecule has 2 aromatic rings. The summed E-state index contributed by atoms with van der Waals surface area (Å²) in [5.41, 5.74) is -0.639. The third-order valence-corrected chi connectivity index (χ3v) is 12.6. The number of carbonyl (C=O) groups is 2. The van der Waals surface area contributed by atoms with E-state index in [1.807, 2.05) is 38.1 Å². The zero-order valence-electron chi connectivity index (χ0n) is 22.3. The molecule has 0 spiro atoms. The van der Waals surface area contributed by atoms with Gasteiger partial charge in [0, 0.05) is 22.8 Å². The SMILES string of the molecule is COc1ccc2sc(SCC(=O)[C@@]3(O)[C@H](C)CC4C5CCC6=CC(=O)C=CC6(C)C5[C@@H](O)CC43C)nc2c1. The standard InChI is InChI=1S/C30H35NO5S2/c1-16-11-21-20-7-5-17-12-18(32)9-10-28(17,2)26(20)23(33)14-29(21,3)30(16,35)25(34)15-37-27-31-22-13-19(36-4)6-8-24(22)38-27/h6,8-10,12-13,16,20-21,23,26,33,35H,5,7,11,14-15H2,1-4H3/t16-,20?,21?,23+,26?,28?,29?,30+/m1/s1. The van der Waals surface area contributed by atoms with Gasteiger partial charge in [-0.3, -0.25) is 9.59 Å². The molecule has 3 fully saturated rings. The van der Waals surface area contributed by atoms with Gasteiger partial charge in [0.2, 0.25) is 0 Å². The van der Waals surface area contributed by atoms with Gasteiger partial charge in [-0.1, -0.05) is 44.2 Å². The number of thioether (sulfide) groups is 1. The van der Waals surface area contributed by atoms with Crippen molar-refractivity contribution in [1.29, 1.82) is 0 Å². The van der Waals surface area contributed by atoms with Crippen molar-refractivity contribution in [2.24, 2.45) is 34.5 Å². The second-order valence-corrected chi connectivity index (χ2v) is 14.4. The Morgan fingerprint density at radius 3 is 2.87 bits per heavy atom. The van der Waals surface area contributed by atoms with Crippen molar-refractivity contribution in [2.45, 2.75) is 62.5 Å². The molecular formula is C30H35NO5S2. The average molecular weight is 554 g/mol. The van der Waals surface area contributed by atoms with Gasteiger partial charge in [-0.05, 0) is 67.7 Å². The summed E-state index contributed by atoms with van der Waals surface area (Å²) in [7, 11) is 1.62. The molecule has 1 aromatic heterocycles. The molecule has 8 atom stereocenters. The van der Waals surface area contributed by atoms with Crippen LogP contribution >= 0.6 is 23.1 Å². The molecule has 4 aliphatic rings. The maximum Gasteiger partial charge on any atom is 0.178 e. The number of aromatic nitrogens is 1. The predicted molar refractivity (Wildman–Crippen MR) is 149 cm³/mol. The molecular weight excluding hydrogens is 518 g/mol. The highest BCUT2D eigenvalue weighted by molar-refractivity contribution is 8.01. The first-order valence-corrected chi connectivity index (χ1v) is 15.3. The van der Waals surface area contributed by atoms with Gasteiger partial charge >= 0.3 is 0 Å². The summed E-state index contributed by atoms with van der Waals surface area (Å²) in [6.45, 7) is 6.16. The number of carbonyl (C=O) groups excluding carboxylic acids is 2. The predicted octanol–water partition coefficient (Wildman–Crippen LogP) is 5.22. The van der Waals surface area contributed by atoms with Crippen molar-refractivity contribution in [1.82, 2.24) is 4.98 Å². The molecule has 0 bridgehead atoms. The third-order valence-electron chi connectivity index (χ3n) is 10.4. The highest BCUT2D eigenvalue weighted by atomic mass is 32.2. The zero-order valence-corrected chi connectivity index (χ0v) is 23.9. The van der Waals surface area contributed by atoms with Crippen LogP contribution in [-0.4, -0.2) is 51.3 Å². The summed E-state index contributed by atoms with van der Waals surface area (Å²) < 4.78 is 7.12. The lowest BCUT2D eigenvalue weighted by Crippen LogP contribution is -2.62. The molecule has 0 aliphatic heterocycles. The van der Waals surface area contributed by atoms with Gasteiger partial charge in [0.25, 0.3) is 0 Å². The second-order valence-electron chi connectivity index (χ2n) is 12.1. The molecule has 38 heavy (non-hydrogen) atoms. The van der Waals surface area contributed by atoms with Gasteiger partial charge in [0.05, 0.1) is 29.2 Å². The topological polar surface area (TPSA) is 96.7 Å². The zero-order chi connectivity index (χ0) is 27.0. The molecule has 1 aromatic carbocycles. The van der Waals surface area contributed by atoms with Gasteiger partial charge in [-0.15, -0.1) is 11.3 Å². The Balaban J connectivity index is 1.26. The number of thiazole rings is 1. The average Bonchev–Trinajstić information content (AvgIpc) is 3.38. The highest BCUT2D eigenvalue weighted by Crippen LogP contribution is 2.68. The van der Waals surface area contributed by atoms with E-state index in [1.54, 1.807) is 19.3 Å². The fraction of sp³-hybridized carbons (Fsp3) is 0.567. The summed E-state index contributed by atoms with van der Waals surface area (Å²) in [5, 5.41) is 23.9. The van der Waals surface area contributed by atoms with Crippen LogP contribution in [0.25, 0.3) is 10.2 Å². The van der Waals surface area contributed by atoms with Crippen LogP contribution in [-0.2, 0) is 9.59 Å². The number of ether oxygens (including phenoxy) is 1. The van der Waals surface area contributed by atoms with E-state index in [1.165, 1.54) is 23.1 Å². The minimum absolute atomic E-state index is 0.0188. The van der Waals surface area contributed by atoms with E-state index in [4.69, 9.17) is 4.74 Å². The number of ketones is 2. The van der Waals surface area contributed by atoms with Crippen LogP contribution in [0.4, 0.5) is 0 Å². The van der Waals surface area contributed by atoms with Gasteiger partial charge in [-0.25, -0.2) is 4.98 Å². The molecule has 202 valence electrons. The minimum atomic E-state index is -1.51. The molecule has 5 unspecified atom stereocenters. The van der Waals surface area contributed by atoms with Gasteiger partial charge in [0.15, 0.2) is 15.9 Å². The van der Waals surface area contributed by atoms with Crippen molar-refractivity contribution in [3.8, 4) is 5.75 Å². The maximum atomic E-state index is 13.9. The van der Waals surface area contributed by atoms with Crippen molar-refractivity contribution in [3.05, 3.63) is 42.0 Å². The molecule has 0 radical (unpaired) electrons. The number of rotatable bonds is 5. The Hall–Kier alpha value is -2.00. The number of Topliss-reactive ketones (excluding diaryl/α,β-unsaturated/α-hetero) is 1. The van der Waals surface area contributed by atoms with Crippen LogP contribution in [0.2, 0.25) is 0 Å². The van der Waals surface area contributed by atoms with E-state index in [0.717, 1.165) is 45.1 Å². The van der Waals surface area contributed by atoms with Crippen molar-refractivity contribution in [2.75, 3.05) is 12.9 Å². The van der Waals surface area contributed by atoms with Crippen LogP contribution in [0.15, 0.2) is 46.3 Å². The number of methoxy groups -OCH3 is 1. The molecule has 2 N–H and O–H groups in total. The van der Waals surface area contributed by atoms with E-state index < -0.39 is 17.1 Å². The molecule has 6 rings (SSSR count). The van der Waals surface area contributed by atoms with Crippen LogP contribution in [0, 0.1) is 34.5 Å². The van der Waals surface area contributed by atoms with Gasteiger partial charge in [0.1, 0.15) is 11.4 Å². The Labute approximate surface area is 231 Å². The van der Waals surface area contributed by atoms with Gasteiger partial charge in [-0.2, -0.15) is 0 Å². The van der Waals surface area contributed by atoms with Crippen molar-refractivity contribution < 1.29 is 24.5 Å². The smallest absolute Gasteiger partial charge is 0.178 e. The highest BCUT2D eigenvalue weighted by Gasteiger charge is 2.70. The number of allylic oxidation sites excluding steroid dienone is 4. The third kappa shape index (κ3) is 3.63. The molecule has 3 saturated carbocycles. The van der Waals surface area contributed by atoms with Crippen molar-refractivity contribution >= 4 is 44.9 Å². The number of aliphatic hydroxyl groups is 2. The van der Waals surface area contributed by atoms with Gasteiger partial charge < -0.3 is 14.9 Å². The Bertz CT molecular complexity index is 1380. The largest absolute Gasteiger partial charge is 0.497 e. The first kappa shape index (κ1) is 26.2. The normalized spacial score (nSPS) is 39.9. The van der Waals surface area contributed by atoms with E-state index >= 15 is 0 Å². The maximum absolute atomic E-state index is 13.9. The molecule has 1 heterocycles. The molecule has 8 heteroatoms. The lowest BCUT2D eigenvalue weighted by Gasteiger charge is -2.59. The lowest BCUT2D eigenvalue weighted by molar-refractivity contribution is -0.179. The monoisotopic (exact) mass is 553 g/mol. The van der Waals surface area contributed by atoms with Crippen LogP contribution in [0.1, 0.15) is 46.5 Å². The molecule has 0 amide bonds. The fourth-order valence-corrected chi connectivity index (χ4v) is 10.6. The lowest BCUT2D eigenvalue weighted by atomic mass is 9.46. The Morgan fingerprint density at radius 2 is 2.11 bits per heavy atom. The minimum Gasteiger partial charge on any atom is -0.497 e. The van der Waals surface area contributed by atoms with Crippen molar-refractivity contribution in [3.63, 3.8) is 0 Å². The molecule has 4 aliphatic carbocycles. The first-order valence-electron chi connectivity index (χ1n) is 13.5. The van der Waals surface area contributed by atoms with E-state index in [9.17, 15) is 19.8 Å². The van der Waals surface area contributed by atoms with Crippen LogP contribution < -0.4 is 4.74 Å². The Morgan fingerprint density at radius 1 is 1.32 bits per heavy atom. The fourth-order valence-electron chi connectivity index (χ4n) is 8.57. The summed E-state index contributed by atoms with van der Waals surface area (Å²) in [6, 6.07) is 5.76. The van der Waals surface area contributed by atoms with E-state index in [-0.39, 0.29) is 46.4 Å². The number of hydrogen-bond donors (Lipinski definition) is 2. The molecule has 0 saturated heterocycles. The Kier molecular flexibility index (Phi) is 6.22. The number of nitrogens with zero attached hydrogens (tertiary/aromatic N) is 1. The first-order chi connectivity index (χ1) is 18.0.